The summed E-state index contributed by atoms with van der Waals surface area (Å²) in [6.07, 6.45) is 0. The Labute approximate surface area is 217 Å². The van der Waals surface area contributed by atoms with Crippen LogP contribution in [0.5, 0.6) is 0 Å². The maximum absolute atomic E-state index is 13.5. The Kier molecular flexibility index (Phi) is 8.15. The Balaban J connectivity index is 1.54. The molecular weight excluding hydrogens is 442 g/mol. The number of rotatable bonds is 7. The van der Waals surface area contributed by atoms with E-state index in [2.05, 4.69) is 99.1 Å². The molecule has 1 N–H and O–H groups in total. The zero-order chi connectivity index (χ0) is 25.8. The van der Waals surface area contributed by atoms with Gasteiger partial charge in [0.1, 0.15) is 0 Å². The smallest absolute Gasteiger partial charge is 0.256 e. The monoisotopic (exact) mass is 483 g/mol. The molecule has 0 radical (unpaired) electrons. The number of carbonyl (C=O) groups excluding carboxylic acids is 1. The molecule has 190 valence electrons. The van der Waals surface area contributed by atoms with Crippen LogP contribution in [0.3, 0.4) is 0 Å². The number of nitrogens with one attached hydrogen (secondary N) is 1. The van der Waals surface area contributed by atoms with Crippen molar-refractivity contribution in [3.05, 3.63) is 83.4 Å². The third-order valence-electron chi connectivity index (χ3n) is 7.36. The highest BCUT2D eigenvalue weighted by atomic mass is 16.1. The summed E-state index contributed by atoms with van der Waals surface area (Å²) < 4.78 is 0. The lowest BCUT2D eigenvalue weighted by Gasteiger charge is -2.38. The van der Waals surface area contributed by atoms with Crippen LogP contribution >= 0.6 is 0 Å². The second kappa shape index (κ2) is 11.3. The van der Waals surface area contributed by atoms with Crippen molar-refractivity contribution in [2.24, 2.45) is 0 Å². The molecule has 1 aliphatic rings. The number of hydrogen-bond donors (Lipinski definition) is 1. The number of piperazine rings is 1. The summed E-state index contributed by atoms with van der Waals surface area (Å²) in [6, 6.07) is 23.6. The quantitative estimate of drug-likeness (QED) is 0.381. The van der Waals surface area contributed by atoms with Crippen molar-refractivity contribution in [1.29, 1.82) is 0 Å². The van der Waals surface area contributed by atoms with Gasteiger partial charge in [0.15, 0.2) is 0 Å². The molecule has 0 aromatic heterocycles. The minimum atomic E-state index is -0.0706. The van der Waals surface area contributed by atoms with Gasteiger partial charge in [0.2, 0.25) is 0 Å². The van der Waals surface area contributed by atoms with Gasteiger partial charge in [-0.3, -0.25) is 9.69 Å². The van der Waals surface area contributed by atoms with Crippen molar-refractivity contribution >= 4 is 17.3 Å². The fourth-order valence-electron chi connectivity index (χ4n) is 5.05. The molecule has 36 heavy (non-hydrogen) atoms. The van der Waals surface area contributed by atoms with Crippen molar-refractivity contribution in [3.8, 4) is 11.1 Å². The molecule has 3 aromatic carbocycles. The van der Waals surface area contributed by atoms with E-state index in [1.165, 1.54) is 16.8 Å². The highest BCUT2D eigenvalue weighted by Crippen LogP contribution is 2.34. The number of anilines is 2. The highest BCUT2D eigenvalue weighted by molar-refractivity contribution is 6.09. The minimum absolute atomic E-state index is 0.0706. The lowest BCUT2D eigenvalue weighted by atomic mass is 9.87. The van der Waals surface area contributed by atoms with E-state index < -0.39 is 0 Å². The Morgan fingerprint density at radius 3 is 1.94 bits per heavy atom. The highest BCUT2D eigenvalue weighted by Gasteiger charge is 2.20. The fourth-order valence-corrected chi connectivity index (χ4v) is 5.05. The fraction of sp³-hybridized carbons (Fsp3) is 0.406. The van der Waals surface area contributed by atoms with Crippen molar-refractivity contribution in [3.63, 3.8) is 0 Å². The van der Waals surface area contributed by atoms with Gasteiger partial charge in [-0.15, -0.1) is 0 Å². The number of amides is 1. The second-order valence-corrected chi connectivity index (χ2v) is 10.8. The predicted molar refractivity (Wildman–Crippen MR) is 153 cm³/mol. The molecule has 0 atom stereocenters. The lowest BCUT2D eigenvalue weighted by Crippen LogP contribution is -2.48. The summed E-state index contributed by atoms with van der Waals surface area (Å²) in [6.45, 7) is 17.5. The molecule has 4 rings (SSSR count). The molecule has 1 heterocycles. The van der Waals surface area contributed by atoms with Crippen molar-refractivity contribution in [1.82, 2.24) is 4.90 Å². The molecule has 4 heteroatoms. The first kappa shape index (κ1) is 26.0. The summed E-state index contributed by atoms with van der Waals surface area (Å²) >= 11 is 0. The average Bonchev–Trinajstić information content (AvgIpc) is 2.88. The van der Waals surface area contributed by atoms with Crippen LogP contribution in [0, 0.1) is 0 Å². The summed E-state index contributed by atoms with van der Waals surface area (Å²) in [5.41, 5.74) is 7.36. The van der Waals surface area contributed by atoms with Gasteiger partial charge in [0.25, 0.3) is 5.91 Å². The van der Waals surface area contributed by atoms with Gasteiger partial charge in [0.05, 0.1) is 0 Å². The molecule has 0 aliphatic carbocycles. The Hall–Kier alpha value is -3.11. The zero-order valence-corrected chi connectivity index (χ0v) is 22.7. The number of carbonyl (C=O) groups is 1. The summed E-state index contributed by atoms with van der Waals surface area (Å²) in [5.74, 6) is 0.718. The van der Waals surface area contributed by atoms with E-state index in [0.29, 0.717) is 23.4 Å². The molecular formula is C32H41N3O. The summed E-state index contributed by atoms with van der Waals surface area (Å²) in [4.78, 5) is 18.5. The van der Waals surface area contributed by atoms with E-state index in [1.54, 1.807) is 0 Å². The van der Waals surface area contributed by atoms with Crippen LogP contribution in [0.2, 0.25) is 0 Å². The molecule has 0 saturated carbocycles. The first-order valence-electron chi connectivity index (χ1n) is 13.4. The Morgan fingerprint density at radius 2 is 1.39 bits per heavy atom. The summed E-state index contributed by atoms with van der Waals surface area (Å²) in [7, 11) is 0. The first-order valence-corrected chi connectivity index (χ1v) is 13.4. The normalized spacial score (nSPS) is 14.6. The van der Waals surface area contributed by atoms with Crippen LogP contribution in [0.4, 0.5) is 11.4 Å². The van der Waals surface area contributed by atoms with Gasteiger partial charge in [-0.25, -0.2) is 0 Å². The first-order chi connectivity index (χ1) is 17.2. The van der Waals surface area contributed by atoms with E-state index in [9.17, 15) is 4.79 Å². The second-order valence-electron chi connectivity index (χ2n) is 10.8. The number of hydrogen-bond acceptors (Lipinski definition) is 3. The van der Waals surface area contributed by atoms with E-state index >= 15 is 0 Å². The van der Waals surface area contributed by atoms with E-state index in [-0.39, 0.29) is 5.91 Å². The third-order valence-corrected chi connectivity index (χ3v) is 7.36. The van der Waals surface area contributed by atoms with Crippen molar-refractivity contribution in [2.45, 2.75) is 59.4 Å². The molecule has 1 saturated heterocycles. The topological polar surface area (TPSA) is 35.6 Å². The third kappa shape index (κ3) is 5.82. The molecule has 1 fully saturated rings. The molecule has 4 nitrogen and oxygen atoms in total. The van der Waals surface area contributed by atoms with Crippen LogP contribution in [0.25, 0.3) is 11.1 Å². The van der Waals surface area contributed by atoms with E-state index in [4.69, 9.17) is 0 Å². The maximum atomic E-state index is 13.5. The van der Waals surface area contributed by atoms with E-state index in [0.717, 1.165) is 43.0 Å². The largest absolute Gasteiger partial charge is 0.369 e. The van der Waals surface area contributed by atoms with Gasteiger partial charge in [-0.2, -0.15) is 0 Å². The van der Waals surface area contributed by atoms with Crippen LogP contribution in [0.15, 0.2) is 66.7 Å². The van der Waals surface area contributed by atoms with Gasteiger partial charge in [-0.05, 0) is 78.3 Å². The Bertz CT molecular complexity index is 1160. The predicted octanol–water partition coefficient (Wildman–Crippen LogP) is 7.38. The molecule has 1 aliphatic heterocycles. The Morgan fingerprint density at radius 1 is 0.750 bits per heavy atom. The molecule has 0 spiro atoms. The molecule has 0 bridgehead atoms. The van der Waals surface area contributed by atoms with Crippen molar-refractivity contribution in [2.75, 3.05) is 36.4 Å². The van der Waals surface area contributed by atoms with E-state index in [1.807, 2.05) is 24.3 Å². The van der Waals surface area contributed by atoms with Gasteiger partial charge >= 0.3 is 0 Å². The standard InChI is InChI=1S/C32H41N3O/c1-22(2)25-10-12-26(13-11-25)31-29(23(3)4)8-7-9-30(31)32(36)33-27-14-16-28(17-15-27)35-20-18-34(19-21-35)24(5)6/h7-17,22-24H,18-21H2,1-6H3,(H,33,36). The minimum Gasteiger partial charge on any atom is -0.369 e. The van der Waals surface area contributed by atoms with Crippen LogP contribution < -0.4 is 10.2 Å². The molecule has 0 unspecified atom stereocenters. The number of benzene rings is 3. The lowest BCUT2D eigenvalue weighted by molar-refractivity contribution is 0.102. The number of nitrogens with zero attached hydrogens (tertiary/aromatic N) is 2. The van der Waals surface area contributed by atoms with Gasteiger partial charge < -0.3 is 10.2 Å². The SMILES string of the molecule is CC(C)c1ccc(-c2c(C(=O)Nc3ccc(N4CCN(C(C)C)CC4)cc3)cccc2C(C)C)cc1. The van der Waals surface area contributed by atoms with Gasteiger partial charge in [-0.1, -0.05) is 64.1 Å². The van der Waals surface area contributed by atoms with Crippen molar-refractivity contribution < 1.29 is 4.79 Å². The van der Waals surface area contributed by atoms with Crippen LogP contribution in [-0.2, 0) is 0 Å². The summed E-state index contributed by atoms with van der Waals surface area (Å²) in [5, 5.41) is 3.15. The molecule has 3 aromatic rings. The average molecular weight is 484 g/mol. The van der Waals surface area contributed by atoms with Gasteiger partial charge in [0, 0.05) is 49.2 Å². The van der Waals surface area contributed by atoms with Crippen LogP contribution in [0.1, 0.15) is 74.9 Å². The molecule has 1 amide bonds. The zero-order valence-electron chi connectivity index (χ0n) is 22.7. The van der Waals surface area contributed by atoms with Crippen LogP contribution in [-0.4, -0.2) is 43.0 Å². The maximum Gasteiger partial charge on any atom is 0.256 e.